The van der Waals surface area contributed by atoms with E-state index in [4.69, 9.17) is 24.8 Å². The van der Waals surface area contributed by atoms with Gasteiger partial charge in [0.1, 0.15) is 12.6 Å². The van der Waals surface area contributed by atoms with Crippen LogP contribution in [-0.4, -0.2) is 59.9 Å². The Bertz CT molecular complexity index is 1270. The van der Waals surface area contributed by atoms with Gasteiger partial charge in [-0.25, -0.2) is 4.57 Å². The van der Waals surface area contributed by atoms with E-state index in [0.717, 1.165) is 70.6 Å². The number of carboxylic acids is 1. The van der Waals surface area contributed by atoms with E-state index in [2.05, 4.69) is 85.2 Å². The third-order valence-corrected chi connectivity index (χ3v) is 9.09. The SMILES string of the molecule is CC/C=C\C/C=C\C/C=C\C/C=C\C/C=C\C/C=C\CCC(=O)O[C@H](COC(=O)CCCCCCC/C=C\CCCCCC)COP(=O)(O)OC[C@H](N)C(=O)O. The highest BCUT2D eigenvalue weighted by atomic mass is 31.2. The summed E-state index contributed by atoms with van der Waals surface area (Å²) in [4.78, 5) is 45.8. The zero-order valence-electron chi connectivity index (χ0n) is 34.2. The minimum Gasteiger partial charge on any atom is -0.480 e. The van der Waals surface area contributed by atoms with E-state index in [1.54, 1.807) is 0 Å². The van der Waals surface area contributed by atoms with Crippen molar-refractivity contribution in [3.8, 4) is 0 Å². The molecule has 4 N–H and O–H groups in total. The van der Waals surface area contributed by atoms with Crippen LogP contribution in [0.3, 0.4) is 0 Å². The highest BCUT2D eigenvalue weighted by Crippen LogP contribution is 2.43. The van der Waals surface area contributed by atoms with E-state index in [-0.39, 0.29) is 19.4 Å². The van der Waals surface area contributed by atoms with Crippen LogP contribution < -0.4 is 5.73 Å². The van der Waals surface area contributed by atoms with Crippen molar-refractivity contribution in [2.45, 2.75) is 154 Å². The molecule has 0 aliphatic carbocycles. The fourth-order valence-corrected chi connectivity index (χ4v) is 5.68. The van der Waals surface area contributed by atoms with E-state index in [1.807, 2.05) is 18.2 Å². The van der Waals surface area contributed by atoms with Crippen molar-refractivity contribution < 1.29 is 47.5 Å². The molecule has 318 valence electrons. The maximum Gasteiger partial charge on any atom is 0.472 e. The Morgan fingerprint density at radius 2 is 1.04 bits per heavy atom. The number of hydrogen-bond acceptors (Lipinski definition) is 9. The van der Waals surface area contributed by atoms with Crippen LogP contribution in [0.25, 0.3) is 0 Å². The number of unbranched alkanes of at least 4 members (excludes halogenated alkanes) is 9. The molecule has 0 saturated carbocycles. The number of carboxylic acid groups (broad SMARTS) is 1. The van der Waals surface area contributed by atoms with Crippen LogP contribution in [-0.2, 0) is 37.5 Å². The molecule has 0 aromatic heterocycles. The summed E-state index contributed by atoms with van der Waals surface area (Å²) in [7, 11) is -4.74. The Morgan fingerprint density at radius 1 is 0.571 bits per heavy atom. The molecule has 1 unspecified atom stereocenters. The summed E-state index contributed by atoms with van der Waals surface area (Å²) in [5.41, 5.74) is 5.32. The standard InChI is InChI=1S/C44H72NO10P/c1-3-5-7-9-11-13-15-17-18-19-20-21-22-24-26-28-30-32-34-36-43(47)55-40(38-53-56(50,51)54-39-41(45)44(48)49)37-52-42(46)35-33-31-29-27-25-23-16-14-12-10-8-6-4-2/h5,7,11,13-14,16-18,20-21,24,26,30,32,40-41H,3-4,6,8-10,12,15,19,22-23,25,27-29,31,33-39,45H2,1-2H3,(H,48,49)(H,50,51)/b7-5-,13-11-,16-14-,18-17-,21-20-,26-24-,32-30-/t40-,41+/m1/s1. The zero-order chi connectivity index (χ0) is 41.4. The third kappa shape index (κ3) is 37.6. The number of esters is 2. The quantitative estimate of drug-likeness (QED) is 0.0236. The fourth-order valence-electron chi connectivity index (χ4n) is 4.91. The molecule has 0 aromatic carbocycles. The molecule has 11 nitrogen and oxygen atoms in total. The summed E-state index contributed by atoms with van der Waals surface area (Å²) in [5.74, 6) is -2.51. The lowest BCUT2D eigenvalue weighted by atomic mass is 10.1. The molecule has 0 saturated heterocycles. The van der Waals surface area contributed by atoms with Crippen molar-refractivity contribution in [3.05, 3.63) is 85.1 Å². The van der Waals surface area contributed by atoms with E-state index in [1.165, 1.54) is 25.7 Å². The Balaban J connectivity index is 4.56. The van der Waals surface area contributed by atoms with Crippen LogP contribution in [0.5, 0.6) is 0 Å². The largest absolute Gasteiger partial charge is 0.480 e. The number of carbonyl (C=O) groups excluding carboxylic acids is 2. The van der Waals surface area contributed by atoms with Gasteiger partial charge in [-0.1, -0.05) is 137 Å². The average molecular weight is 806 g/mol. The number of phosphoric ester groups is 1. The van der Waals surface area contributed by atoms with Crippen molar-refractivity contribution in [2.75, 3.05) is 19.8 Å². The molecule has 0 aliphatic heterocycles. The zero-order valence-corrected chi connectivity index (χ0v) is 35.1. The second-order valence-electron chi connectivity index (χ2n) is 13.4. The number of ether oxygens (including phenoxy) is 2. The molecule has 12 heteroatoms. The lowest BCUT2D eigenvalue weighted by Gasteiger charge is -2.20. The van der Waals surface area contributed by atoms with Gasteiger partial charge < -0.3 is 25.2 Å². The summed E-state index contributed by atoms with van der Waals surface area (Å²) in [6.45, 7) is 2.56. The summed E-state index contributed by atoms with van der Waals surface area (Å²) in [6.07, 6.45) is 46.7. The van der Waals surface area contributed by atoms with Crippen molar-refractivity contribution in [1.29, 1.82) is 0 Å². The molecule has 0 heterocycles. The topological polar surface area (TPSA) is 172 Å². The van der Waals surface area contributed by atoms with Crippen LogP contribution in [0.4, 0.5) is 0 Å². The number of hydrogen-bond donors (Lipinski definition) is 3. The van der Waals surface area contributed by atoms with Gasteiger partial charge in [0.2, 0.25) is 0 Å². The fraction of sp³-hybridized carbons (Fsp3) is 0.614. The number of rotatable bonds is 37. The predicted molar refractivity (Wildman–Crippen MR) is 226 cm³/mol. The highest BCUT2D eigenvalue weighted by Gasteiger charge is 2.28. The molecular formula is C44H72NO10P. The maximum absolute atomic E-state index is 12.6. The van der Waals surface area contributed by atoms with Crippen LogP contribution in [0, 0.1) is 0 Å². The van der Waals surface area contributed by atoms with E-state index < -0.39 is 51.1 Å². The summed E-state index contributed by atoms with van der Waals surface area (Å²) in [6, 6.07) is -1.54. The van der Waals surface area contributed by atoms with Gasteiger partial charge in [0.05, 0.1) is 13.2 Å². The molecule has 56 heavy (non-hydrogen) atoms. The normalized spacial score (nSPS) is 14.6. The molecule has 0 aromatic rings. The molecule has 0 amide bonds. The number of allylic oxidation sites excluding steroid dienone is 14. The molecule has 0 rings (SSSR count). The Morgan fingerprint density at radius 3 is 1.57 bits per heavy atom. The minimum absolute atomic E-state index is 0.0299. The minimum atomic E-state index is -4.74. The summed E-state index contributed by atoms with van der Waals surface area (Å²) in [5, 5.41) is 8.87. The highest BCUT2D eigenvalue weighted by molar-refractivity contribution is 7.47. The Kier molecular flexibility index (Phi) is 36.2. The van der Waals surface area contributed by atoms with Gasteiger partial charge in [-0.2, -0.15) is 0 Å². The maximum atomic E-state index is 12.6. The third-order valence-electron chi connectivity index (χ3n) is 8.14. The van der Waals surface area contributed by atoms with Crippen molar-refractivity contribution in [2.24, 2.45) is 5.73 Å². The molecule has 0 radical (unpaired) electrons. The summed E-state index contributed by atoms with van der Waals surface area (Å²) >= 11 is 0. The first-order chi connectivity index (χ1) is 27.1. The first-order valence-electron chi connectivity index (χ1n) is 20.6. The number of aliphatic carboxylic acids is 1. The lowest BCUT2D eigenvalue weighted by molar-refractivity contribution is -0.161. The van der Waals surface area contributed by atoms with Gasteiger partial charge in [0, 0.05) is 12.8 Å². The van der Waals surface area contributed by atoms with Gasteiger partial charge >= 0.3 is 25.7 Å². The van der Waals surface area contributed by atoms with Crippen LogP contribution in [0.1, 0.15) is 142 Å². The van der Waals surface area contributed by atoms with Crippen molar-refractivity contribution in [3.63, 3.8) is 0 Å². The molecule has 0 spiro atoms. The van der Waals surface area contributed by atoms with Crippen LogP contribution >= 0.6 is 7.82 Å². The van der Waals surface area contributed by atoms with E-state index in [0.29, 0.717) is 19.3 Å². The smallest absolute Gasteiger partial charge is 0.472 e. The molecule has 3 atom stereocenters. The molecule has 0 bridgehead atoms. The Labute approximate surface area is 337 Å². The Hall–Kier alpha value is -3.34. The number of nitrogens with two attached hydrogens (primary N) is 1. The first kappa shape index (κ1) is 52.7. The lowest BCUT2D eigenvalue weighted by Crippen LogP contribution is -2.34. The van der Waals surface area contributed by atoms with Gasteiger partial charge in [0.25, 0.3) is 0 Å². The van der Waals surface area contributed by atoms with Crippen molar-refractivity contribution in [1.82, 2.24) is 0 Å². The predicted octanol–water partition coefficient (Wildman–Crippen LogP) is 10.7. The second-order valence-corrected chi connectivity index (χ2v) is 14.8. The summed E-state index contributed by atoms with van der Waals surface area (Å²) < 4.78 is 32.5. The monoisotopic (exact) mass is 805 g/mol. The van der Waals surface area contributed by atoms with Crippen LogP contribution in [0.15, 0.2) is 85.1 Å². The van der Waals surface area contributed by atoms with Gasteiger partial charge in [-0.3, -0.25) is 23.4 Å². The molecule has 0 fully saturated rings. The van der Waals surface area contributed by atoms with Crippen molar-refractivity contribution >= 4 is 25.7 Å². The second kappa shape index (κ2) is 38.5. The van der Waals surface area contributed by atoms with E-state index in [9.17, 15) is 23.8 Å². The van der Waals surface area contributed by atoms with Gasteiger partial charge in [-0.05, 0) is 77.0 Å². The van der Waals surface area contributed by atoms with E-state index >= 15 is 0 Å². The number of carbonyl (C=O) groups is 3. The van der Waals surface area contributed by atoms with Crippen LogP contribution in [0.2, 0.25) is 0 Å². The first-order valence-corrected chi connectivity index (χ1v) is 22.1. The molecular weight excluding hydrogens is 733 g/mol. The number of phosphoric acid groups is 1. The molecule has 0 aliphatic rings. The average Bonchev–Trinajstić information content (AvgIpc) is 3.17. The van der Waals surface area contributed by atoms with Gasteiger partial charge in [-0.15, -0.1) is 0 Å². The van der Waals surface area contributed by atoms with Gasteiger partial charge in [0.15, 0.2) is 6.10 Å².